The minimum absolute atomic E-state index is 0.237. The van der Waals surface area contributed by atoms with Crippen LogP contribution < -0.4 is 4.90 Å². The van der Waals surface area contributed by atoms with E-state index >= 15 is 0 Å². The highest BCUT2D eigenvalue weighted by Gasteiger charge is 2.19. The van der Waals surface area contributed by atoms with Crippen LogP contribution in [0.1, 0.15) is 0 Å². The van der Waals surface area contributed by atoms with Gasteiger partial charge in [-0.05, 0) is 17.7 Å². The predicted octanol–water partition coefficient (Wildman–Crippen LogP) is 0.829. The van der Waals surface area contributed by atoms with Crippen LogP contribution in [0.2, 0.25) is 0 Å². The van der Waals surface area contributed by atoms with Crippen LogP contribution in [-0.4, -0.2) is 36.3 Å². The number of nitrogens with zero attached hydrogens (tertiary/aromatic N) is 2. The first kappa shape index (κ1) is 12.2. The van der Waals surface area contributed by atoms with Crippen LogP contribution in [0.25, 0.3) is 11.1 Å². The molecular formula is C14H15FN3O+. The second kappa shape index (κ2) is 5.42. The van der Waals surface area contributed by atoms with Crippen molar-refractivity contribution in [3.05, 3.63) is 42.5 Å². The summed E-state index contributed by atoms with van der Waals surface area (Å²) in [5.74, 6) is 0.563. The van der Waals surface area contributed by atoms with Crippen LogP contribution in [0.15, 0.2) is 36.7 Å². The molecule has 98 valence electrons. The Kier molecular flexibility index (Phi) is 3.48. The van der Waals surface area contributed by atoms with Gasteiger partial charge in [0.2, 0.25) is 0 Å². The van der Waals surface area contributed by atoms with Gasteiger partial charge in [-0.15, -0.1) is 0 Å². The van der Waals surface area contributed by atoms with Crippen molar-refractivity contribution in [2.24, 2.45) is 0 Å². The van der Waals surface area contributed by atoms with E-state index < -0.39 is 0 Å². The van der Waals surface area contributed by atoms with Gasteiger partial charge in [0.1, 0.15) is 18.9 Å². The monoisotopic (exact) mass is 260 g/mol. The number of nitrogens with one attached hydrogen (secondary N) is 1. The number of benzene rings is 1. The van der Waals surface area contributed by atoms with Gasteiger partial charge < -0.3 is 4.74 Å². The second-order valence-electron chi connectivity index (χ2n) is 4.52. The van der Waals surface area contributed by atoms with Crippen LogP contribution >= 0.6 is 0 Å². The molecule has 0 atom stereocenters. The van der Waals surface area contributed by atoms with Gasteiger partial charge in [-0.1, -0.05) is 12.1 Å². The van der Waals surface area contributed by atoms with Gasteiger partial charge in [-0.3, -0.25) is 4.90 Å². The Balaban J connectivity index is 1.80. The van der Waals surface area contributed by atoms with Crippen molar-refractivity contribution in [1.82, 2.24) is 9.97 Å². The SMILES string of the molecule is Fc1ccc(-c2cnc([NH+]3CCOCC3)nc2)cc1. The highest BCUT2D eigenvalue weighted by atomic mass is 19.1. The summed E-state index contributed by atoms with van der Waals surface area (Å²) in [6, 6.07) is 6.34. The first-order valence-corrected chi connectivity index (χ1v) is 6.34. The number of aromatic nitrogens is 2. The average Bonchev–Trinajstić information content (AvgIpc) is 2.49. The summed E-state index contributed by atoms with van der Waals surface area (Å²) in [5.41, 5.74) is 1.82. The molecule has 0 aliphatic carbocycles. The van der Waals surface area contributed by atoms with E-state index in [1.165, 1.54) is 17.0 Å². The van der Waals surface area contributed by atoms with Gasteiger partial charge >= 0.3 is 5.95 Å². The minimum Gasteiger partial charge on any atom is -0.370 e. The molecule has 0 saturated carbocycles. The molecule has 1 aromatic carbocycles. The number of quaternary nitrogens is 1. The molecule has 0 radical (unpaired) electrons. The topological polar surface area (TPSA) is 39.5 Å². The summed E-state index contributed by atoms with van der Waals surface area (Å²) < 4.78 is 18.2. The van der Waals surface area contributed by atoms with E-state index in [4.69, 9.17) is 4.74 Å². The molecular weight excluding hydrogens is 245 g/mol. The minimum atomic E-state index is -0.237. The van der Waals surface area contributed by atoms with E-state index in [0.717, 1.165) is 43.4 Å². The van der Waals surface area contributed by atoms with E-state index in [1.54, 1.807) is 24.5 Å². The van der Waals surface area contributed by atoms with Crippen molar-refractivity contribution in [1.29, 1.82) is 0 Å². The lowest BCUT2D eigenvalue weighted by Crippen LogP contribution is -3.10. The molecule has 2 heterocycles. The predicted molar refractivity (Wildman–Crippen MR) is 68.6 cm³/mol. The van der Waals surface area contributed by atoms with Gasteiger partial charge in [-0.25, -0.2) is 4.39 Å². The van der Waals surface area contributed by atoms with Crippen LogP contribution in [0.4, 0.5) is 10.3 Å². The van der Waals surface area contributed by atoms with E-state index in [-0.39, 0.29) is 5.82 Å². The van der Waals surface area contributed by atoms with Crippen molar-refractivity contribution in [3.8, 4) is 11.1 Å². The molecule has 1 N–H and O–H groups in total. The Morgan fingerprint density at radius 3 is 2.21 bits per heavy atom. The van der Waals surface area contributed by atoms with E-state index in [1.807, 2.05) is 0 Å². The summed E-state index contributed by atoms with van der Waals surface area (Å²) in [7, 11) is 0. The molecule has 1 aliphatic rings. The Labute approximate surface area is 110 Å². The molecule has 1 saturated heterocycles. The third kappa shape index (κ3) is 2.77. The van der Waals surface area contributed by atoms with Crippen LogP contribution in [0, 0.1) is 5.82 Å². The van der Waals surface area contributed by atoms with Crippen molar-refractivity contribution < 1.29 is 14.0 Å². The van der Waals surface area contributed by atoms with Crippen LogP contribution in [0.3, 0.4) is 0 Å². The van der Waals surface area contributed by atoms with Gasteiger partial charge in [0.15, 0.2) is 0 Å². The maximum absolute atomic E-state index is 12.9. The lowest BCUT2D eigenvalue weighted by molar-refractivity contribution is -0.847. The second-order valence-corrected chi connectivity index (χ2v) is 4.52. The van der Waals surface area contributed by atoms with Gasteiger partial charge in [0.25, 0.3) is 0 Å². The normalized spacial score (nSPS) is 16.5. The van der Waals surface area contributed by atoms with E-state index in [0.29, 0.717) is 0 Å². The fourth-order valence-corrected chi connectivity index (χ4v) is 2.14. The molecule has 19 heavy (non-hydrogen) atoms. The summed E-state index contributed by atoms with van der Waals surface area (Å²) in [5, 5.41) is 0. The molecule has 5 heteroatoms. The Morgan fingerprint density at radius 1 is 0.947 bits per heavy atom. The van der Waals surface area contributed by atoms with Crippen molar-refractivity contribution >= 4 is 5.95 Å². The van der Waals surface area contributed by atoms with Gasteiger partial charge in [-0.2, -0.15) is 9.97 Å². The van der Waals surface area contributed by atoms with Crippen LogP contribution in [-0.2, 0) is 4.74 Å². The standard InChI is InChI=1S/C14H14FN3O/c15-13-3-1-11(2-4-13)12-9-16-14(17-10-12)18-5-7-19-8-6-18/h1-4,9-10H,5-8H2/p+1. The highest BCUT2D eigenvalue weighted by molar-refractivity contribution is 5.61. The Hall–Kier alpha value is -1.85. The third-order valence-electron chi connectivity index (χ3n) is 3.24. The maximum Gasteiger partial charge on any atom is 0.327 e. The molecule has 1 fully saturated rings. The maximum atomic E-state index is 12.9. The zero-order valence-corrected chi connectivity index (χ0v) is 10.5. The van der Waals surface area contributed by atoms with E-state index in [2.05, 4.69) is 9.97 Å². The molecule has 1 aliphatic heterocycles. The lowest BCUT2D eigenvalue weighted by atomic mass is 10.1. The van der Waals surface area contributed by atoms with Crippen LogP contribution in [0.5, 0.6) is 0 Å². The lowest BCUT2D eigenvalue weighted by Gasteiger charge is -2.21. The molecule has 4 nitrogen and oxygen atoms in total. The number of halogens is 1. The molecule has 3 rings (SSSR count). The number of ether oxygens (including phenoxy) is 1. The summed E-state index contributed by atoms with van der Waals surface area (Å²) >= 11 is 0. The molecule has 2 aromatic rings. The number of morpholine rings is 1. The Bertz CT molecular complexity index is 536. The first-order chi connectivity index (χ1) is 9.33. The zero-order valence-electron chi connectivity index (χ0n) is 10.5. The Morgan fingerprint density at radius 2 is 1.58 bits per heavy atom. The quantitative estimate of drug-likeness (QED) is 0.869. The first-order valence-electron chi connectivity index (χ1n) is 6.34. The summed E-state index contributed by atoms with van der Waals surface area (Å²) in [4.78, 5) is 10.1. The fraction of sp³-hybridized carbons (Fsp3) is 0.286. The third-order valence-corrected chi connectivity index (χ3v) is 3.24. The highest BCUT2D eigenvalue weighted by Crippen LogP contribution is 2.17. The molecule has 0 bridgehead atoms. The molecule has 0 spiro atoms. The largest absolute Gasteiger partial charge is 0.370 e. The smallest absolute Gasteiger partial charge is 0.327 e. The summed E-state index contributed by atoms with van der Waals surface area (Å²) in [6.45, 7) is 3.29. The van der Waals surface area contributed by atoms with Gasteiger partial charge in [0.05, 0.1) is 13.2 Å². The molecule has 1 aromatic heterocycles. The van der Waals surface area contributed by atoms with Crippen molar-refractivity contribution in [2.75, 3.05) is 26.3 Å². The molecule has 0 amide bonds. The fourth-order valence-electron chi connectivity index (χ4n) is 2.14. The van der Waals surface area contributed by atoms with E-state index in [9.17, 15) is 4.39 Å². The van der Waals surface area contributed by atoms with Crippen molar-refractivity contribution in [2.45, 2.75) is 0 Å². The van der Waals surface area contributed by atoms with Gasteiger partial charge in [0, 0.05) is 18.0 Å². The number of hydrogen-bond acceptors (Lipinski definition) is 3. The average molecular weight is 260 g/mol. The zero-order chi connectivity index (χ0) is 13.1. The van der Waals surface area contributed by atoms with Crippen molar-refractivity contribution in [3.63, 3.8) is 0 Å². The molecule has 0 unspecified atom stereocenters. The number of hydrogen-bond donors (Lipinski definition) is 1. The number of rotatable bonds is 2. The summed E-state index contributed by atoms with van der Waals surface area (Å²) in [6.07, 6.45) is 3.58.